The van der Waals surface area contributed by atoms with E-state index in [1.807, 2.05) is 36.8 Å². The van der Waals surface area contributed by atoms with Crippen molar-refractivity contribution in [2.75, 3.05) is 24.5 Å². The minimum atomic E-state index is 0.116. The van der Waals surface area contributed by atoms with Crippen molar-refractivity contribution in [2.45, 2.75) is 24.9 Å². The Kier molecular flexibility index (Phi) is 4.53. The van der Waals surface area contributed by atoms with Crippen LogP contribution in [0.5, 0.6) is 0 Å². The lowest BCUT2D eigenvalue weighted by Crippen LogP contribution is -2.36. The van der Waals surface area contributed by atoms with E-state index in [9.17, 15) is 0 Å². The maximum Gasteiger partial charge on any atom is 0.0729 e. The second kappa shape index (κ2) is 7.19. The van der Waals surface area contributed by atoms with Crippen LogP contribution in [-0.2, 0) is 18.5 Å². The van der Waals surface area contributed by atoms with Crippen molar-refractivity contribution >= 4 is 17.3 Å². The van der Waals surface area contributed by atoms with Crippen molar-refractivity contribution in [1.82, 2.24) is 14.9 Å². The number of hydrogen-bond donors (Lipinski definition) is 0. The minimum Gasteiger partial charge on any atom is -0.365 e. The third-order valence-electron chi connectivity index (χ3n) is 5.97. The van der Waals surface area contributed by atoms with E-state index in [1.54, 1.807) is 0 Å². The molecule has 3 aromatic rings. The summed E-state index contributed by atoms with van der Waals surface area (Å²) in [5.74, 6) is 0. The van der Waals surface area contributed by atoms with Gasteiger partial charge in [0.15, 0.2) is 0 Å². The fourth-order valence-electron chi connectivity index (χ4n) is 4.70. The number of fused-ring (bicyclic) bond motifs is 2. The number of benzene rings is 1. The molecule has 2 aromatic heterocycles. The molecule has 1 aromatic carbocycles. The van der Waals surface area contributed by atoms with Crippen LogP contribution in [0.25, 0.3) is 0 Å². The first kappa shape index (κ1) is 17.7. The lowest BCUT2D eigenvalue weighted by atomic mass is 9.85. The molecule has 0 unspecified atom stereocenters. The van der Waals surface area contributed by atoms with E-state index < -0.39 is 0 Å². The zero-order chi connectivity index (χ0) is 19.0. The normalized spacial score (nSPS) is 21.4. The third kappa shape index (κ3) is 3.27. The SMILES string of the molecule is Clc1ccc(CN2CC[C@]3(C2)CN(Cc2cccnc2)c2cccnc23)cc1. The van der Waals surface area contributed by atoms with E-state index in [1.165, 1.54) is 22.5 Å². The summed E-state index contributed by atoms with van der Waals surface area (Å²) in [4.78, 5) is 14.1. The van der Waals surface area contributed by atoms with E-state index in [4.69, 9.17) is 16.6 Å². The summed E-state index contributed by atoms with van der Waals surface area (Å²) < 4.78 is 0. The molecule has 4 heterocycles. The first-order valence-electron chi connectivity index (χ1n) is 9.78. The van der Waals surface area contributed by atoms with Gasteiger partial charge in [-0.3, -0.25) is 14.9 Å². The van der Waals surface area contributed by atoms with Gasteiger partial charge >= 0.3 is 0 Å². The smallest absolute Gasteiger partial charge is 0.0729 e. The maximum absolute atomic E-state index is 6.03. The van der Waals surface area contributed by atoms with Crippen molar-refractivity contribution in [2.24, 2.45) is 0 Å². The van der Waals surface area contributed by atoms with Gasteiger partial charge in [0.1, 0.15) is 0 Å². The molecule has 1 saturated heterocycles. The molecule has 1 atom stereocenters. The standard InChI is InChI=1S/C23H23ClN4/c24-20-7-5-18(6-8-20)14-27-12-9-23(16-27)17-28(15-19-3-1-10-25-13-19)21-4-2-11-26-22(21)23/h1-8,10-11,13H,9,12,14-17H2/t23-/m0/s1. The van der Waals surface area contributed by atoms with Crippen LogP contribution in [0.3, 0.4) is 0 Å². The van der Waals surface area contributed by atoms with Crippen molar-refractivity contribution < 1.29 is 0 Å². The topological polar surface area (TPSA) is 32.3 Å². The van der Waals surface area contributed by atoms with Gasteiger partial charge in [0.2, 0.25) is 0 Å². The highest BCUT2D eigenvalue weighted by atomic mass is 35.5. The largest absolute Gasteiger partial charge is 0.365 e. The Morgan fingerprint density at radius 3 is 2.61 bits per heavy atom. The number of anilines is 1. The van der Waals surface area contributed by atoms with Gasteiger partial charge in [-0.05, 0) is 54.4 Å². The summed E-state index contributed by atoms with van der Waals surface area (Å²) in [6.45, 7) is 5.00. The maximum atomic E-state index is 6.03. The molecular weight excluding hydrogens is 368 g/mol. The van der Waals surface area contributed by atoms with Gasteiger partial charge in [-0.1, -0.05) is 29.8 Å². The molecule has 4 nitrogen and oxygen atoms in total. The molecule has 28 heavy (non-hydrogen) atoms. The molecule has 0 radical (unpaired) electrons. The van der Waals surface area contributed by atoms with E-state index in [2.05, 4.69) is 45.1 Å². The Morgan fingerprint density at radius 1 is 0.929 bits per heavy atom. The van der Waals surface area contributed by atoms with Crippen LogP contribution in [-0.4, -0.2) is 34.5 Å². The molecule has 0 N–H and O–H groups in total. The van der Waals surface area contributed by atoms with Crippen molar-refractivity contribution in [3.05, 3.63) is 89.0 Å². The summed E-state index contributed by atoms with van der Waals surface area (Å²) in [7, 11) is 0. The molecular formula is C23H23ClN4. The number of hydrogen-bond acceptors (Lipinski definition) is 4. The zero-order valence-electron chi connectivity index (χ0n) is 15.8. The molecule has 5 heteroatoms. The first-order chi connectivity index (χ1) is 13.7. The lowest BCUT2D eigenvalue weighted by Gasteiger charge is -2.26. The van der Waals surface area contributed by atoms with Crippen molar-refractivity contribution in [3.63, 3.8) is 0 Å². The van der Waals surface area contributed by atoms with E-state index in [-0.39, 0.29) is 5.41 Å². The fourth-order valence-corrected chi connectivity index (χ4v) is 4.83. The second-order valence-corrected chi connectivity index (χ2v) is 8.39. The summed E-state index contributed by atoms with van der Waals surface area (Å²) in [5, 5.41) is 0.793. The van der Waals surface area contributed by atoms with Crippen LogP contribution in [0.1, 0.15) is 23.2 Å². The highest BCUT2D eigenvalue weighted by Gasteiger charge is 2.48. The average Bonchev–Trinajstić information content (AvgIpc) is 3.26. The highest BCUT2D eigenvalue weighted by molar-refractivity contribution is 6.30. The van der Waals surface area contributed by atoms with Crippen LogP contribution in [0.4, 0.5) is 5.69 Å². The molecule has 1 fully saturated rings. The molecule has 5 rings (SSSR count). The summed E-state index contributed by atoms with van der Waals surface area (Å²) in [6.07, 6.45) is 6.88. The number of aromatic nitrogens is 2. The van der Waals surface area contributed by atoms with Gasteiger partial charge in [-0.25, -0.2) is 0 Å². The molecule has 1 spiro atoms. The third-order valence-corrected chi connectivity index (χ3v) is 6.22. The number of rotatable bonds is 4. The Labute approximate surface area is 170 Å². The van der Waals surface area contributed by atoms with Gasteiger partial charge in [0.25, 0.3) is 0 Å². The Balaban J connectivity index is 1.37. The van der Waals surface area contributed by atoms with E-state index in [0.717, 1.165) is 44.2 Å². The summed E-state index contributed by atoms with van der Waals surface area (Å²) in [6, 6.07) is 16.6. The average molecular weight is 391 g/mol. The van der Waals surface area contributed by atoms with Crippen LogP contribution in [0, 0.1) is 0 Å². The highest BCUT2D eigenvalue weighted by Crippen LogP contribution is 2.45. The predicted molar refractivity (Wildman–Crippen MR) is 113 cm³/mol. The van der Waals surface area contributed by atoms with Crippen LogP contribution in [0.2, 0.25) is 5.02 Å². The molecule has 2 aliphatic heterocycles. The predicted octanol–water partition coefficient (Wildman–Crippen LogP) is 4.29. The number of likely N-dealkylation sites (tertiary alicyclic amines) is 1. The number of halogens is 1. The van der Waals surface area contributed by atoms with Gasteiger partial charge in [-0.15, -0.1) is 0 Å². The molecule has 0 aliphatic carbocycles. The van der Waals surface area contributed by atoms with Crippen LogP contribution < -0.4 is 4.90 Å². The van der Waals surface area contributed by atoms with Gasteiger partial charge < -0.3 is 4.90 Å². The fraction of sp³-hybridized carbons (Fsp3) is 0.304. The quantitative estimate of drug-likeness (QED) is 0.665. The zero-order valence-corrected chi connectivity index (χ0v) is 16.5. The molecule has 0 saturated carbocycles. The van der Waals surface area contributed by atoms with Crippen molar-refractivity contribution in [1.29, 1.82) is 0 Å². The molecule has 0 bridgehead atoms. The van der Waals surface area contributed by atoms with E-state index >= 15 is 0 Å². The van der Waals surface area contributed by atoms with E-state index in [0.29, 0.717) is 0 Å². The lowest BCUT2D eigenvalue weighted by molar-refractivity contribution is 0.305. The van der Waals surface area contributed by atoms with Gasteiger partial charge in [0, 0.05) is 55.2 Å². The Hall–Kier alpha value is -2.43. The minimum absolute atomic E-state index is 0.116. The van der Waals surface area contributed by atoms with Crippen molar-refractivity contribution in [3.8, 4) is 0 Å². The number of nitrogens with zero attached hydrogens (tertiary/aromatic N) is 4. The van der Waals surface area contributed by atoms with Crippen LogP contribution >= 0.6 is 11.6 Å². The van der Waals surface area contributed by atoms with Crippen LogP contribution in [0.15, 0.2) is 67.1 Å². The molecule has 2 aliphatic rings. The Bertz CT molecular complexity index is 960. The first-order valence-corrected chi connectivity index (χ1v) is 10.2. The number of pyridine rings is 2. The molecule has 142 valence electrons. The summed E-state index contributed by atoms with van der Waals surface area (Å²) in [5.41, 5.74) is 5.21. The van der Waals surface area contributed by atoms with Gasteiger partial charge in [0.05, 0.1) is 11.4 Å². The second-order valence-electron chi connectivity index (χ2n) is 7.96. The van der Waals surface area contributed by atoms with Gasteiger partial charge in [-0.2, -0.15) is 0 Å². The summed E-state index contributed by atoms with van der Waals surface area (Å²) >= 11 is 6.03. The Morgan fingerprint density at radius 2 is 1.79 bits per heavy atom. The monoisotopic (exact) mass is 390 g/mol. The molecule has 0 amide bonds.